The van der Waals surface area contributed by atoms with E-state index in [0.29, 0.717) is 30.3 Å². The van der Waals surface area contributed by atoms with Crippen molar-refractivity contribution >= 4 is 11.7 Å². The van der Waals surface area contributed by atoms with Gasteiger partial charge in [-0.05, 0) is 48.7 Å². The lowest BCUT2D eigenvalue weighted by molar-refractivity contribution is 0.0734. The maximum atomic E-state index is 13.1. The Labute approximate surface area is 146 Å². The molecule has 2 aliphatic rings. The summed E-state index contributed by atoms with van der Waals surface area (Å²) in [6.45, 7) is 1.82. The predicted molar refractivity (Wildman–Crippen MR) is 94.2 cm³/mol. The van der Waals surface area contributed by atoms with Gasteiger partial charge in [-0.3, -0.25) is 4.79 Å². The van der Waals surface area contributed by atoms with E-state index < -0.39 is 0 Å². The first-order chi connectivity index (χ1) is 12.3. The number of pyridine rings is 1. The van der Waals surface area contributed by atoms with E-state index >= 15 is 0 Å². The highest BCUT2D eigenvalue weighted by Gasteiger charge is 2.31. The fourth-order valence-corrected chi connectivity index (χ4v) is 3.49. The number of amides is 1. The molecule has 1 aromatic carbocycles. The zero-order chi connectivity index (χ0) is 17.2. The first kappa shape index (κ1) is 15.7. The molecule has 0 saturated carbocycles. The van der Waals surface area contributed by atoms with Crippen LogP contribution < -0.4 is 14.8 Å². The van der Waals surface area contributed by atoms with Crippen molar-refractivity contribution < 1.29 is 14.3 Å². The van der Waals surface area contributed by atoms with Crippen LogP contribution in [0.15, 0.2) is 36.5 Å². The summed E-state index contributed by atoms with van der Waals surface area (Å²) in [5.41, 5.74) is 1.75. The van der Waals surface area contributed by atoms with Gasteiger partial charge in [0.2, 0.25) is 0 Å². The molecule has 1 atom stereocenters. The van der Waals surface area contributed by atoms with Gasteiger partial charge in [-0.2, -0.15) is 0 Å². The van der Waals surface area contributed by atoms with Gasteiger partial charge in [0.15, 0.2) is 11.5 Å². The van der Waals surface area contributed by atoms with Crippen LogP contribution in [0.2, 0.25) is 0 Å². The van der Waals surface area contributed by atoms with E-state index in [1.807, 2.05) is 36.2 Å². The fourth-order valence-electron chi connectivity index (χ4n) is 3.49. The Morgan fingerprint density at radius 3 is 2.88 bits per heavy atom. The molecule has 0 spiro atoms. The molecule has 3 heterocycles. The number of nitrogens with one attached hydrogen (secondary N) is 1. The van der Waals surface area contributed by atoms with E-state index in [0.717, 1.165) is 30.8 Å². The Balaban J connectivity index is 1.60. The van der Waals surface area contributed by atoms with Gasteiger partial charge in [-0.15, -0.1) is 0 Å². The average Bonchev–Trinajstić information content (AvgIpc) is 3.17. The maximum absolute atomic E-state index is 13.1. The number of aromatic nitrogens is 1. The summed E-state index contributed by atoms with van der Waals surface area (Å²) in [5, 5.41) is 3.06. The minimum Gasteiger partial charge on any atom is -0.486 e. The molecule has 2 aromatic rings. The molecular formula is C19H21N3O3. The van der Waals surface area contributed by atoms with Crippen molar-refractivity contribution in [3.05, 3.63) is 47.7 Å². The third-order valence-electron chi connectivity index (χ3n) is 4.73. The number of fused-ring (bicyclic) bond motifs is 1. The number of likely N-dealkylation sites (tertiary alicyclic amines) is 1. The van der Waals surface area contributed by atoms with Crippen LogP contribution in [0.5, 0.6) is 11.5 Å². The minimum absolute atomic E-state index is 0.0299. The highest BCUT2D eigenvalue weighted by molar-refractivity contribution is 5.95. The van der Waals surface area contributed by atoms with Crippen LogP contribution in [0, 0.1) is 0 Å². The number of hydrogen-bond donors (Lipinski definition) is 1. The molecule has 0 aliphatic carbocycles. The van der Waals surface area contributed by atoms with Gasteiger partial charge >= 0.3 is 0 Å². The van der Waals surface area contributed by atoms with Crippen molar-refractivity contribution in [1.82, 2.24) is 9.88 Å². The summed E-state index contributed by atoms with van der Waals surface area (Å²) < 4.78 is 11.1. The van der Waals surface area contributed by atoms with Gasteiger partial charge in [0, 0.05) is 25.4 Å². The van der Waals surface area contributed by atoms with Crippen molar-refractivity contribution in [1.29, 1.82) is 0 Å². The SMILES string of the molecule is CNc1cc(C2CCCN2C(=O)c2ccc3c(c2)OCCO3)ccn1. The van der Waals surface area contributed by atoms with E-state index in [-0.39, 0.29) is 11.9 Å². The van der Waals surface area contributed by atoms with Crippen LogP contribution in [0.1, 0.15) is 34.8 Å². The van der Waals surface area contributed by atoms with Crippen molar-refractivity contribution in [2.24, 2.45) is 0 Å². The second-order valence-corrected chi connectivity index (χ2v) is 6.24. The summed E-state index contributed by atoms with van der Waals surface area (Å²) in [6.07, 6.45) is 3.74. The summed E-state index contributed by atoms with van der Waals surface area (Å²) in [7, 11) is 1.85. The zero-order valence-corrected chi connectivity index (χ0v) is 14.2. The van der Waals surface area contributed by atoms with Crippen molar-refractivity contribution in [3.63, 3.8) is 0 Å². The quantitative estimate of drug-likeness (QED) is 0.931. The normalized spacial score (nSPS) is 18.9. The smallest absolute Gasteiger partial charge is 0.254 e. The lowest BCUT2D eigenvalue weighted by Gasteiger charge is -2.26. The van der Waals surface area contributed by atoms with E-state index in [1.165, 1.54) is 0 Å². The highest BCUT2D eigenvalue weighted by atomic mass is 16.6. The van der Waals surface area contributed by atoms with Crippen LogP contribution in [-0.4, -0.2) is 42.6 Å². The largest absolute Gasteiger partial charge is 0.486 e. The van der Waals surface area contributed by atoms with Crippen LogP contribution in [0.3, 0.4) is 0 Å². The van der Waals surface area contributed by atoms with Crippen LogP contribution in [0.25, 0.3) is 0 Å². The number of nitrogens with zero attached hydrogens (tertiary/aromatic N) is 2. The number of carbonyl (C=O) groups excluding carboxylic acids is 1. The van der Waals surface area contributed by atoms with Gasteiger partial charge in [0.25, 0.3) is 5.91 Å². The van der Waals surface area contributed by atoms with Gasteiger partial charge in [0.05, 0.1) is 6.04 Å². The molecule has 1 unspecified atom stereocenters. The number of hydrogen-bond acceptors (Lipinski definition) is 5. The van der Waals surface area contributed by atoms with E-state index in [4.69, 9.17) is 9.47 Å². The van der Waals surface area contributed by atoms with Gasteiger partial charge in [0.1, 0.15) is 19.0 Å². The monoisotopic (exact) mass is 339 g/mol. The summed E-state index contributed by atoms with van der Waals surface area (Å²) >= 11 is 0. The number of ether oxygens (including phenoxy) is 2. The van der Waals surface area contributed by atoms with Crippen LogP contribution >= 0.6 is 0 Å². The minimum atomic E-state index is 0.0299. The maximum Gasteiger partial charge on any atom is 0.254 e. The lowest BCUT2D eigenvalue weighted by atomic mass is 10.0. The van der Waals surface area contributed by atoms with Crippen molar-refractivity contribution in [3.8, 4) is 11.5 Å². The number of carbonyl (C=O) groups is 1. The van der Waals surface area contributed by atoms with E-state index in [1.54, 1.807) is 12.3 Å². The molecule has 1 fully saturated rings. The second-order valence-electron chi connectivity index (χ2n) is 6.24. The number of anilines is 1. The standard InChI is InChI=1S/C19H21N3O3/c1-20-18-12-13(6-7-21-18)15-3-2-8-22(15)19(23)14-4-5-16-17(11-14)25-10-9-24-16/h4-7,11-12,15H,2-3,8-10H2,1H3,(H,20,21). The molecule has 130 valence electrons. The second kappa shape index (κ2) is 6.63. The highest BCUT2D eigenvalue weighted by Crippen LogP contribution is 2.36. The molecule has 25 heavy (non-hydrogen) atoms. The van der Waals surface area contributed by atoms with Gasteiger partial charge < -0.3 is 19.7 Å². The third-order valence-corrected chi connectivity index (χ3v) is 4.73. The van der Waals surface area contributed by atoms with Crippen molar-refractivity contribution in [2.75, 3.05) is 32.1 Å². The molecule has 1 amide bonds. The Bertz CT molecular complexity index is 793. The summed E-state index contributed by atoms with van der Waals surface area (Å²) in [6, 6.07) is 9.50. The summed E-state index contributed by atoms with van der Waals surface area (Å²) in [4.78, 5) is 19.3. The zero-order valence-electron chi connectivity index (χ0n) is 14.2. The molecule has 6 heteroatoms. The molecule has 4 rings (SSSR count). The van der Waals surface area contributed by atoms with E-state index in [9.17, 15) is 4.79 Å². The molecule has 1 saturated heterocycles. The Hall–Kier alpha value is -2.76. The average molecular weight is 339 g/mol. The number of benzene rings is 1. The first-order valence-electron chi connectivity index (χ1n) is 8.60. The first-order valence-corrected chi connectivity index (χ1v) is 8.60. The Morgan fingerprint density at radius 1 is 1.20 bits per heavy atom. The molecule has 1 aromatic heterocycles. The fraction of sp³-hybridized carbons (Fsp3) is 0.368. The molecule has 6 nitrogen and oxygen atoms in total. The van der Waals surface area contributed by atoms with Crippen LogP contribution in [0.4, 0.5) is 5.82 Å². The lowest BCUT2D eigenvalue weighted by Crippen LogP contribution is -2.30. The van der Waals surface area contributed by atoms with Gasteiger partial charge in [-0.25, -0.2) is 4.98 Å². The topological polar surface area (TPSA) is 63.7 Å². The van der Waals surface area contributed by atoms with Crippen LogP contribution in [-0.2, 0) is 0 Å². The van der Waals surface area contributed by atoms with E-state index in [2.05, 4.69) is 10.3 Å². The molecule has 2 aliphatic heterocycles. The Kier molecular flexibility index (Phi) is 4.17. The molecule has 0 radical (unpaired) electrons. The molecular weight excluding hydrogens is 318 g/mol. The predicted octanol–water partition coefficient (Wildman–Crippen LogP) is 2.87. The Morgan fingerprint density at radius 2 is 2.04 bits per heavy atom. The third kappa shape index (κ3) is 2.99. The van der Waals surface area contributed by atoms with Crippen molar-refractivity contribution in [2.45, 2.75) is 18.9 Å². The number of rotatable bonds is 3. The summed E-state index contributed by atoms with van der Waals surface area (Å²) in [5.74, 6) is 2.20. The van der Waals surface area contributed by atoms with Gasteiger partial charge in [-0.1, -0.05) is 0 Å². The molecule has 1 N–H and O–H groups in total. The molecule has 0 bridgehead atoms.